The second kappa shape index (κ2) is 4.97. The molecule has 0 aliphatic rings. The van der Waals surface area contributed by atoms with E-state index < -0.39 is 0 Å². The van der Waals surface area contributed by atoms with Gasteiger partial charge in [0.15, 0.2) is 0 Å². The van der Waals surface area contributed by atoms with Crippen LogP contribution in [-0.2, 0) is 13.6 Å². The zero-order chi connectivity index (χ0) is 13.1. The quantitative estimate of drug-likeness (QED) is 0.859. The molecule has 0 unspecified atom stereocenters. The van der Waals surface area contributed by atoms with Crippen LogP contribution in [0.1, 0.15) is 16.1 Å². The molecule has 0 spiro atoms. The van der Waals surface area contributed by atoms with E-state index in [2.05, 4.69) is 10.3 Å². The van der Waals surface area contributed by atoms with E-state index in [-0.39, 0.29) is 18.3 Å². The summed E-state index contributed by atoms with van der Waals surface area (Å²) in [6.07, 6.45) is 3.13. The van der Waals surface area contributed by atoms with E-state index in [0.717, 1.165) is 0 Å². The molecule has 1 aromatic heterocycles. The van der Waals surface area contributed by atoms with E-state index in [4.69, 9.17) is 5.73 Å². The summed E-state index contributed by atoms with van der Waals surface area (Å²) >= 11 is 0. The number of anilines is 1. The van der Waals surface area contributed by atoms with Crippen LogP contribution in [0.3, 0.4) is 0 Å². The molecule has 0 saturated heterocycles. The number of aryl methyl sites for hydroxylation is 1. The lowest BCUT2D eigenvalue weighted by molar-refractivity contribution is 0.102. The zero-order valence-electron chi connectivity index (χ0n) is 9.85. The minimum atomic E-state index is -0.381. The highest BCUT2D eigenvalue weighted by Crippen LogP contribution is 2.15. The molecule has 0 radical (unpaired) electrons. The van der Waals surface area contributed by atoms with E-state index in [0.29, 0.717) is 16.9 Å². The van der Waals surface area contributed by atoms with E-state index in [1.54, 1.807) is 17.8 Å². The summed E-state index contributed by atoms with van der Waals surface area (Å²) in [6, 6.07) is 4.27. The maximum Gasteiger partial charge on any atom is 0.275 e. The first kappa shape index (κ1) is 12.3. The number of halogens is 1. The number of benzene rings is 1. The van der Waals surface area contributed by atoms with Gasteiger partial charge in [0.1, 0.15) is 11.5 Å². The molecule has 0 saturated carbocycles. The van der Waals surface area contributed by atoms with Crippen LogP contribution in [0, 0.1) is 5.82 Å². The molecule has 18 heavy (non-hydrogen) atoms. The van der Waals surface area contributed by atoms with Crippen LogP contribution in [0.15, 0.2) is 30.7 Å². The first-order valence-electron chi connectivity index (χ1n) is 5.38. The molecule has 0 aliphatic carbocycles. The van der Waals surface area contributed by atoms with E-state index in [1.807, 2.05) is 0 Å². The molecule has 0 fully saturated rings. The molecular weight excluding hydrogens is 235 g/mol. The molecule has 0 atom stereocenters. The normalized spacial score (nSPS) is 10.4. The van der Waals surface area contributed by atoms with E-state index in [1.165, 1.54) is 24.5 Å². The molecule has 3 N–H and O–H groups in total. The van der Waals surface area contributed by atoms with Gasteiger partial charge < -0.3 is 15.6 Å². The number of nitrogens with one attached hydrogen (secondary N) is 1. The topological polar surface area (TPSA) is 72.9 Å². The highest BCUT2D eigenvalue weighted by molar-refractivity contribution is 6.02. The summed E-state index contributed by atoms with van der Waals surface area (Å²) in [5.41, 5.74) is 6.55. The summed E-state index contributed by atoms with van der Waals surface area (Å²) in [4.78, 5) is 15.7. The number of carbonyl (C=O) groups excluding carboxylic acids is 1. The summed E-state index contributed by atoms with van der Waals surface area (Å²) in [7, 11) is 1.77. The number of carbonyl (C=O) groups is 1. The van der Waals surface area contributed by atoms with Gasteiger partial charge in [-0.2, -0.15) is 0 Å². The van der Waals surface area contributed by atoms with Crippen molar-refractivity contribution < 1.29 is 9.18 Å². The Balaban J connectivity index is 2.16. The third-order valence-electron chi connectivity index (χ3n) is 2.46. The SMILES string of the molecule is Cn1cnc(C(=O)Nc2ccc(F)c(CN)c2)c1. The van der Waals surface area contributed by atoms with Gasteiger partial charge in [0.2, 0.25) is 0 Å². The number of hydrogen-bond acceptors (Lipinski definition) is 3. The zero-order valence-corrected chi connectivity index (χ0v) is 9.85. The summed E-state index contributed by atoms with van der Waals surface area (Å²) in [5, 5.41) is 2.64. The number of nitrogens with zero attached hydrogens (tertiary/aromatic N) is 2. The van der Waals surface area contributed by atoms with Crippen molar-refractivity contribution >= 4 is 11.6 Å². The third kappa shape index (κ3) is 2.54. The largest absolute Gasteiger partial charge is 0.340 e. The van der Waals surface area contributed by atoms with E-state index in [9.17, 15) is 9.18 Å². The van der Waals surface area contributed by atoms with Gasteiger partial charge in [0, 0.05) is 31.0 Å². The van der Waals surface area contributed by atoms with E-state index >= 15 is 0 Å². The van der Waals surface area contributed by atoms with Crippen molar-refractivity contribution in [3.8, 4) is 0 Å². The Labute approximate surface area is 103 Å². The fraction of sp³-hybridized carbons (Fsp3) is 0.167. The fourth-order valence-electron chi connectivity index (χ4n) is 1.53. The molecule has 2 aromatic rings. The minimum absolute atomic E-state index is 0.0825. The Hall–Kier alpha value is -2.21. The molecule has 94 valence electrons. The van der Waals surface area contributed by atoms with Crippen molar-refractivity contribution in [3.63, 3.8) is 0 Å². The molecule has 5 nitrogen and oxygen atoms in total. The van der Waals surface area contributed by atoms with Crippen molar-refractivity contribution in [2.45, 2.75) is 6.54 Å². The molecule has 0 aliphatic heterocycles. The number of aromatic nitrogens is 2. The Morgan fingerprint density at radius 2 is 2.33 bits per heavy atom. The van der Waals surface area contributed by atoms with Gasteiger partial charge >= 0.3 is 0 Å². The third-order valence-corrected chi connectivity index (χ3v) is 2.46. The van der Waals surface area contributed by atoms with Crippen molar-refractivity contribution in [2.24, 2.45) is 12.8 Å². The lowest BCUT2D eigenvalue weighted by atomic mass is 10.2. The first-order chi connectivity index (χ1) is 8.60. The summed E-state index contributed by atoms with van der Waals surface area (Å²) in [6.45, 7) is 0.0825. The van der Waals surface area contributed by atoms with Gasteiger partial charge in [-0.15, -0.1) is 0 Å². The predicted octanol–water partition coefficient (Wildman–Crippen LogP) is 1.27. The van der Waals surface area contributed by atoms with Gasteiger partial charge in [-0.25, -0.2) is 9.37 Å². The molecule has 0 bridgehead atoms. The number of imidazole rings is 1. The number of hydrogen-bond donors (Lipinski definition) is 2. The van der Waals surface area contributed by atoms with Crippen LogP contribution in [0.25, 0.3) is 0 Å². The monoisotopic (exact) mass is 248 g/mol. The summed E-state index contributed by atoms with van der Waals surface area (Å²) in [5.74, 6) is -0.724. The smallest absolute Gasteiger partial charge is 0.275 e. The van der Waals surface area contributed by atoms with Crippen molar-refractivity contribution in [1.82, 2.24) is 9.55 Å². The van der Waals surface area contributed by atoms with Crippen LogP contribution < -0.4 is 11.1 Å². The van der Waals surface area contributed by atoms with Gasteiger partial charge in [-0.1, -0.05) is 0 Å². The Morgan fingerprint density at radius 3 is 2.94 bits per heavy atom. The Kier molecular flexibility index (Phi) is 3.38. The minimum Gasteiger partial charge on any atom is -0.340 e. The van der Waals surface area contributed by atoms with Crippen LogP contribution in [-0.4, -0.2) is 15.5 Å². The maximum absolute atomic E-state index is 13.2. The molecule has 1 amide bonds. The predicted molar refractivity (Wildman–Crippen MR) is 65.5 cm³/mol. The Morgan fingerprint density at radius 1 is 1.56 bits per heavy atom. The molecule has 2 rings (SSSR count). The van der Waals surface area contributed by atoms with Gasteiger partial charge in [-0.05, 0) is 18.2 Å². The standard InChI is InChI=1S/C12H13FN4O/c1-17-6-11(15-7-17)12(18)16-9-2-3-10(13)8(4-9)5-14/h2-4,6-7H,5,14H2,1H3,(H,16,18). The van der Waals surface area contributed by atoms with Crippen LogP contribution in [0.5, 0.6) is 0 Å². The van der Waals surface area contributed by atoms with Gasteiger partial charge in [-0.3, -0.25) is 4.79 Å². The molecule has 6 heteroatoms. The maximum atomic E-state index is 13.2. The van der Waals surface area contributed by atoms with Crippen LogP contribution in [0.4, 0.5) is 10.1 Å². The molecular formula is C12H13FN4O. The van der Waals surface area contributed by atoms with Crippen molar-refractivity contribution in [3.05, 3.63) is 47.8 Å². The van der Waals surface area contributed by atoms with Crippen molar-refractivity contribution in [2.75, 3.05) is 5.32 Å². The second-order valence-electron chi connectivity index (χ2n) is 3.89. The van der Waals surface area contributed by atoms with Gasteiger partial charge in [0.25, 0.3) is 5.91 Å². The molecule has 1 aromatic carbocycles. The van der Waals surface area contributed by atoms with Gasteiger partial charge in [0.05, 0.1) is 6.33 Å². The van der Waals surface area contributed by atoms with Crippen LogP contribution in [0.2, 0.25) is 0 Å². The number of nitrogens with two attached hydrogens (primary N) is 1. The first-order valence-corrected chi connectivity index (χ1v) is 5.38. The number of amides is 1. The molecule has 1 heterocycles. The van der Waals surface area contributed by atoms with Crippen LogP contribution >= 0.6 is 0 Å². The summed E-state index contributed by atoms with van der Waals surface area (Å²) < 4.78 is 14.9. The average molecular weight is 248 g/mol. The average Bonchev–Trinajstić information content (AvgIpc) is 2.78. The number of rotatable bonds is 3. The fourth-order valence-corrected chi connectivity index (χ4v) is 1.53. The van der Waals surface area contributed by atoms with Crippen molar-refractivity contribution in [1.29, 1.82) is 0 Å². The second-order valence-corrected chi connectivity index (χ2v) is 3.89. The highest BCUT2D eigenvalue weighted by Gasteiger charge is 2.10. The lowest BCUT2D eigenvalue weighted by Gasteiger charge is -2.06. The lowest BCUT2D eigenvalue weighted by Crippen LogP contribution is -2.13. The highest BCUT2D eigenvalue weighted by atomic mass is 19.1. The Bertz CT molecular complexity index is 579.